The predicted octanol–water partition coefficient (Wildman–Crippen LogP) is -1.29. The van der Waals surface area contributed by atoms with Crippen molar-refractivity contribution in [2.75, 3.05) is 5.75 Å². The highest BCUT2D eigenvalue weighted by atomic mass is 32.2. The minimum atomic E-state index is -1.36. The number of aliphatic carboxylic acids is 1. The molecule has 2 N–H and O–H groups in total. The van der Waals surface area contributed by atoms with Gasteiger partial charge in [0.1, 0.15) is 11.3 Å². The van der Waals surface area contributed by atoms with Crippen molar-refractivity contribution in [3.63, 3.8) is 0 Å². The van der Waals surface area contributed by atoms with Gasteiger partial charge in [-0.3, -0.25) is 9.00 Å². The number of amides is 1. The van der Waals surface area contributed by atoms with Crippen LogP contribution in [0.15, 0.2) is 0 Å². The fraction of sp³-hybridized carbons (Fsp3) is 0.667. The van der Waals surface area contributed by atoms with E-state index in [-0.39, 0.29) is 5.75 Å². The molecule has 3 atom stereocenters. The molecule has 1 amide bonds. The van der Waals surface area contributed by atoms with E-state index in [0.29, 0.717) is 0 Å². The Hall–Kier alpha value is -0.910. The van der Waals surface area contributed by atoms with Gasteiger partial charge in [-0.15, -0.1) is 0 Å². The smallest absolute Gasteiger partial charge is 0.327 e. The van der Waals surface area contributed by atoms with Gasteiger partial charge in [0.2, 0.25) is 5.91 Å². The molecule has 0 radical (unpaired) electrons. The van der Waals surface area contributed by atoms with Crippen LogP contribution in [0.4, 0.5) is 0 Å². The normalized spacial score (nSPS) is 35.8. The summed E-state index contributed by atoms with van der Waals surface area (Å²) in [6.45, 7) is 1.52. The number of hydrogen-bond acceptors (Lipinski definition) is 3. The molecule has 3 unspecified atom stereocenters. The number of hydrogen-bond donors (Lipinski definition) is 2. The SMILES string of the molecule is CC1C(=O)NC(C(=O)O)CS1=O. The summed E-state index contributed by atoms with van der Waals surface area (Å²) in [6, 6.07) is -0.991. The first-order valence-corrected chi connectivity index (χ1v) is 4.81. The lowest BCUT2D eigenvalue weighted by Crippen LogP contribution is -2.54. The van der Waals surface area contributed by atoms with E-state index in [9.17, 15) is 13.8 Å². The van der Waals surface area contributed by atoms with Gasteiger partial charge in [-0.25, -0.2) is 4.79 Å². The highest BCUT2D eigenvalue weighted by Gasteiger charge is 2.34. The lowest BCUT2D eigenvalue weighted by atomic mass is 10.3. The Morgan fingerprint density at radius 1 is 1.75 bits per heavy atom. The lowest BCUT2D eigenvalue weighted by Gasteiger charge is -2.23. The molecule has 1 aliphatic rings. The average Bonchev–Trinajstić information content (AvgIpc) is 1.99. The lowest BCUT2D eigenvalue weighted by molar-refractivity contribution is -0.141. The fourth-order valence-electron chi connectivity index (χ4n) is 0.892. The van der Waals surface area contributed by atoms with E-state index in [4.69, 9.17) is 5.11 Å². The highest BCUT2D eigenvalue weighted by Crippen LogP contribution is 2.06. The Labute approximate surface area is 71.6 Å². The van der Waals surface area contributed by atoms with E-state index < -0.39 is 34.0 Å². The zero-order valence-electron chi connectivity index (χ0n) is 6.44. The van der Waals surface area contributed by atoms with Crippen molar-refractivity contribution < 1.29 is 18.9 Å². The Morgan fingerprint density at radius 2 is 2.33 bits per heavy atom. The molecule has 0 bridgehead atoms. The number of carboxylic acids is 1. The molecule has 0 aromatic carbocycles. The maximum absolute atomic E-state index is 11.1. The first-order valence-electron chi connectivity index (χ1n) is 3.42. The van der Waals surface area contributed by atoms with Crippen LogP contribution in [-0.4, -0.2) is 38.2 Å². The van der Waals surface area contributed by atoms with Crippen LogP contribution < -0.4 is 5.32 Å². The summed E-state index contributed by atoms with van der Waals surface area (Å²) in [7, 11) is -1.36. The van der Waals surface area contributed by atoms with Crippen molar-refractivity contribution in [1.82, 2.24) is 5.32 Å². The number of carbonyl (C=O) groups excluding carboxylic acids is 1. The van der Waals surface area contributed by atoms with Crippen LogP contribution >= 0.6 is 0 Å². The van der Waals surface area contributed by atoms with Crippen LogP contribution in [0.25, 0.3) is 0 Å². The summed E-state index contributed by atoms with van der Waals surface area (Å²) in [4.78, 5) is 21.4. The van der Waals surface area contributed by atoms with Gasteiger partial charge in [-0.05, 0) is 6.92 Å². The first-order chi connectivity index (χ1) is 5.52. The van der Waals surface area contributed by atoms with E-state index in [0.717, 1.165) is 0 Å². The highest BCUT2D eigenvalue weighted by molar-refractivity contribution is 7.86. The molecule has 68 valence electrons. The zero-order valence-corrected chi connectivity index (χ0v) is 7.26. The molecule has 1 aliphatic heterocycles. The second kappa shape index (κ2) is 3.22. The number of carboxylic acid groups (broad SMARTS) is 1. The molecule has 1 fully saturated rings. The van der Waals surface area contributed by atoms with Crippen LogP contribution in [0.5, 0.6) is 0 Å². The second-order valence-electron chi connectivity index (χ2n) is 2.59. The van der Waals surface area contributed by atoms with Crippen molar-refractivity contribution in [2.45, 2.75) is 18.2 Å². The van der Waals surface area contributed by atoms with Crippen molar-refractivity contribution >= 4 is 22.7 Å². The molecule has 1 rings (SSSR count). The van der Waals surface area contributed by atoms with Crippen LogP contribution in [0, 0.1) is 0 Å². The molecule has 6 heteroatoms. The van der Waals surface area contributed by atoms with Gasteiger partial charge >= 0.3 is 5.97 Å². The van der Waals surface area contributed by atoms with Crippen LogP contribution in [0.3, 0.4) is 0 Å². The molecule has 5 nitrogen and oxygen atoms in total. The average molecular weight is 191 g/mol. The van der Waals surface area contributed by atoms with Gasteiger partial charge < -0.3 is 10.4 Å². The Balaban J connectivity index is 2.72. The molecule has 0 saturated carbocycles. The number of nitrogens with one attached hydrogen (secondary N) is 1. The molecule has 1 heterocycles. The van der Waals surface area contributed by atoms with Crippen molar-refractivity contribution in [3.05, 3.63) is 0 Å². The summed E-state index contributed by atoms with van der Waals surface area (Å²) < 4.78 is 11.1. The third kappa shape index (κ3) is 1.63. The molecule has 0 aliphatic carbocycles. The van der Waals surface area contributed by atoms with Crippen molar-refractivity contribution in [2.24, 2.45) is 0 Å². The Bertz CT molecular complexity index is 234. The van der Waals surface area contributed by atoms with Crippen LogP contribution in [0.2, 0.25) is 0 Å². The summed E-state index contributed by atoms with van der Waals surface area (Å²) in [5, 5.41) is 10.2. The molecular formula is C6H9NO4S. The van der Waals surface area contributed by atoms with Gasteiger partial charge in [0.05, 0.1) is 5.75 Å². The molecule has 0 spiro atoms. The van der Waals surface area contributed by atoms with Gasteiger partial charge in [0.15, 0.2) is 0 Å². The predicted molar refractivity (Wildman–Crippen MR) is 42.0 cm³/mol. The van der Waals surface area contributed by atoms with Gasteiger partial charge in [0.25, 0.3) is 0 Å². The molecular weight excluding hydrogens is 182 g/mol. The zero-order chi connectivity index (χ0) is 9.30. The quantitative estimate of drug-likeness (QED) is 0.540. The molecule has 0 aromatic heterocycles. The maximum atomic E-state index is 11.1. The van der Waals surface area contributed by atoms with Gasteiger partial charge in [-0.2, -0.15) is 0 Å². The number of carbonyl (C=O) groups is 2. The first kappa shape index (κ1) is 9.18. The summed E-state index contributed by atoms with van der Waals surface area (Å²) in [5.41, 5.74) is 0. The monoisotopic (exact) mass is 191 g/mol. The van der Waals surface area contributed by atoms with Crippen LogP contribution in [-0.2, 0) is 20.4 Å². The summed E-state index contributed by atoms with van der Waals surface area (Å²) in [6.07, 6.45) is 0. The van der Waals surface area contributed by atoms with E-state index in [1.807, 2.05) is 0 Å². The summed E-state index contributed by atoms with van der Waals surface area (Å²) >= 11 is 0. The minimum Gasteiger partial charge on any atom is -0.480 e. The standard InChI is InChI=1S/C6H9NO4S/c1-3-5(8)7-4(6(9)10)2-12(3)11/h3-4H,2H2,1H3,(H,7,8)(H,9,10). The largest absolute Gasteiger partial charge is 0.480 e. The van der Waals surface area contributed by atoms with Gasteiger partial charge in [-0.1, -0.05) is 0 Å². The molecule has 12 heavy (non-hydrogen) atoms. The summed E-state index contributed by atoms with van der Waals surface area (Å²) in [5.74, 6) is -1.59. The topological polar surface area (TPSA) is 83.5 Å². The van der Waals surface area contributed by atoms with E-state index in [1.165, 1.54) is 6.92 Å². The third-order valence-corrected chi connectivity index (χ3v) is 3.37. The minimum absolute atomic E-state index is 0.00222. The Kier molecular flexibility index (Phi) is 2.46. The maximum Gasteiger partial charge on any atom is 0.327 e. The Morgan fingerprint density at radius 3 is 2.75 bits per heavy atom. The van der Waals surface area contributed by atoms with Crippen molar-refractivity contribution in [3.8, 4) is 0 Å². The second-order valence-corrected chi connectivity index (χ2v) is 4.39. The van der Waals surface area contributed by atoms with E-state index in [1.54, 1.807) is 0 Å². The van der Waals surface area contributed by atoms with Gasteiger partial charge in [0, 0.05) is 10.8 Å². The van der Waals surface area contributed by atoms with E-state index >= 15 is 0 Å². The fourth-order valence-corrected chi connectivity index (χ4v) is 2.04. The van der Waals surface area contributed by atoms with E-state index in [2.05, 4.69) is 5.32 Å². The van der Waals surface area contributed by atoms with Crippen LogP contribution in [0.1, 0.15) is 6.92 Å². The third-order valence-electron chi connectivity index (χ3n) is 1.71. The van der Waals surface area contributed by atoms with Crippen molar-refractivity contribution in [1.29, 1.82) is 0 Å². The molecule has 1 saturated heterocycles. The number of rotatable bonds is 1. The molecule has 0 aromatic rings.